The largest absolute Gasteiger partial charge is 0.338 e. The van der Waals surface area contributed by atoms with Crippen molar-refractivity contribution in [3.05, 3.63) is 70.1 Å². The van der Waals surface area contributed by atoms with Crippen LogP contribution in [0.4, 0.5) is 5.69 Å². The summed E-state index contributed by atoms with van der Waals surface area (Å²) in [5.41, 5.74) is 2.61. The lowest BCUT2D eigenvalue weighted by molar-refractivity contribution is -0.384. The predicted molar refractivity (Wildman–Crippen MR) is 99.8 cm³/mol. The highest BCUT2D eigenvalue weighted by Gasteiger charge is 2.14. The van der Waals surface area contributed by atoms with Gasteiger partial charge in [-0.2, -0.15) is 9.67 Å². The molecule has 28 heavy (non-hydrogen) atoms. The maximum Gasteiger partial charge on any atom is 0.269 e. The van der Waals surface area contributed by atoms with Crippen LogP contribution in [0.15, 0.2) is 58.2 Å². The molecule has 0 aliphatic rings. The fourth-order valence-electron chi connectivity index (χ4n) is 2.48. The Hall–Kier alpha value is -3.60. The second-order valence-corrected chi connectivity index (χ2v) is 6.76. The van der Waals surface area contributed by atoms with Gasteiger partial charge in [-0.3, -0.25) is 10.1 Å². The van der Waals surface area contributed by atoms with Gasteiger partial charge in [0.15, 0.2) is 0 Å². The van der Waals surface area contributed by atoms with Crippen molar-refractivity contribution in [3.8, 4) is 17.1 Å². The van der Waals surface area contributed by atoms with E-state index >= 15 is 0 Å². The predicted octanol–water partition coefficient (Wildman–Crippen LogP) is 3.22. The van der Waals surface area contributed by atoms with E-state index in [4.69, 9.17) is 4.52 Å². The van der Waals surface area contributed by atoms with Gasteiger partial charge in [-0.05, 0) is 47.2 Å². The Morgan fingerprint density at radius 1 is 1.21 bits per heavy atom. The minimum Gasteiger partial charge on any atom is -0.338 e. The molecule has 0 fully saturated rings. The van der Waals surface area contributed by atoms with E-state index < -0.39 is 4.92 Å². The van der Waals surface area contributed by atoms with E-state index in [0.717, 1.165) is 11.3 Å². The van der Waals surface area contributed by atoms with Crippen LogP contribution in [0, 0.1) is 17.0 Å². The van der Waals surface area contributed by atoms with Gasteiger partial charge in [0.1, 0.15) is 0 Å². The number of hydrogen-bond acceptors (Lipinski definition) is 9. The molecule has 0 aliphatic heterocycles. The van der Waals surface area contributed by atoms with Crippen LogP contribution in [0.2, 0.25) is 0 Å². The summed E-state index contributed by atoms with van der Waals surface area (Å²) in [5, 5.41) is 27.1. The van der Waals surface area contributed by atoms with Crippen molar-refractivity contribution in [2.75, 3.05) is 0 Å². The smallest absolute Gasteiger partial charge is 0.269 e. The molecule has 0 spiro atoms. The summed E-state index contributed by atoms with van der Waals surface area (Å²) < 4.78 is 6.91. The van der Waals surface area contributed by atoms with Gasteiger partial charge in [0, 0.05) is 17.7 Å². The lowest BCUT2D eigenvalue weighted by atomic mass is 10.2. The van der Waals surface area contributed by atoms with E-state index in [-0.39, 0.29) is 5.69 Å². The molecule has 0 amide bonds. The number of aromatic nitrogens is 6. The molecule has 4 rings (SSSR count). The summed E-state index contributed by atoms with van der Waals surface area (Å²) in [6.45, 7) is 2.00. The number of benzene rings is 2. The molecule has 140 valence electrons. The topological polar surface area (TPSA) is 126 Å². The van der Waals surface area contributed by atoms with Crippen molar-refractivity contribution < 1.29 is 9.45 Å². The fraction of sp³-hybridized carbons (Fsp3) is 0.118. The third-order valence-electron chi connectivity index (χ3n) is 3.82. The van der Waals surface area contributed by atoms with Crippen molar-refractivity contribution in [3.63, 3.8) is 0 Å². The van der Waals surface area contributed by atoms with E-state index in [1.807, 2.05) is 31.2 Å². The number of tetrazole rings is 1. The maximum atomic E-state index is 10.7. The second kappa shape index (κ2) is 7.56. The highest BCUT2D eigenvalue weighted by Crippen LogP contribution is 2.24. The summed E-state index contributed by atoms with van der Waals surface area (Å²) in [7, 11) is 0. The zero-order chi connectivity index (χ0) is 19.5. The first kappa shape index (κ1) is 17.8. The van der Waals surface area contributed by atoms with Gasteiger partial charge >= 0.3 is 0 Å². The molecule has 0 N–H and O–H groups in total. The van der Waals surface area contributed by atoms with Gasteiger partial charge in [-0.25, -0.2) is 0 Å². The number of nitrogens with zero attached hydrogens (tertiary/aromatic N) is 7. The minimum absolute atomic E-state index is 0.00556. The molecule has 0 saturated heterocycles. The van der Waals surface area contributed by atoms with Crippen molar-refractivity contribution in [1.82, 2.24) is 30.3 Å². The lowest BCUT2D eigenvalue weighted by Crippen LogP contribution is -1.99. The van der Waals surface area contributed by atoms with E-state index in [1.165, 1.54) is 23.9 Å². The zero-order valence-corrected chi connectivity index (χ0v) is 15.4. The fourth-order valence-corrected chi connectivity index (χ4v) is 3.21. The number of hydrogen-bond donors (Lipinski definition) is 0. The summed E-state index contributed by atoms with van der Waals surface area (Å²) >= 11 is 1.36. The standard InChI is InChI=1S/C17H13N7O3S/c1-11-3-2-4-14(9-11)23-17(19-21-22-23)28-10-15-18-16(20-27-15)12-5-7-13(8-6-12)24(25)26/h2-9H,10H2,1H3. The number of thioether (sulfide) groups is 1. The zero-order valence-electron chi connectivity index (χ0n) is 14.6. The number of aryl methyl sites for hydroxylation is 1. The van der Waals surface area contributed by atoms with Gasteiger partial charge in [0.25, 0.3) is 5.69 Å². The van der Waals surface area contributed by atoms with Crippen LogP contribution < -0.4 is 0 Å². The Bertz CT molecular complexity index is 1120. The molecule has 0 radical (unpaired) electrons. The minimum atomic E-state index is -0.458. The van der Waals surface area contributed by atoms with E-state index in [2.05, 4.69) is 25.7 Å². The number of non-ortho nitro benzene ring substituents is 1. The molecule has 0 bridgehead atoms. The van der Waals surface area contributed by atoms with E-state index in [9.17, 15) is 10.1 Å². The van der Waals surface area contributed by atoms with Crippen LogP contribution in [0.25, 0.3) is 17.1 Å². The first-order valence-corrected chi connectivity index (χ1v) is 9.14. The first-order valence-electron chi connectivity index (χ1n) is 8.16. The van der Waals surface area contributed by atoms with Crippen molar-refractivity contribution in [2.45, 2.75) is 17.8 Å². The van der Waals surface area contributed by atoms with E-state index in [1.54, 1.807) is 16.8 Å². The van der Waals surface area contributed by atoms with Crippen molar-refractivity contribution in [1.29, 1.82) is 0 Å². The highest BCUT2D eigenvalue weighted by atomic mass is 32.2. The molecule has 0 unspecified atom stereocenters. The first-order chi connectivity index (χ1) is 13.6. The van der Waals surface area contributed by atoms with Gasteiger partial charge in [0.2, 0.25) is 16.9 Å². The molecular formula is C17H13N7O3S. The molecule has 2 aromatic heterocycles. The Balaban J connectivity index is 1.47. The summed E-state index contributed by atoms with van der Waals surface area (Å²) in [6.07, 6.45) is 0. The number of rotatable bonds is 6. The summed E-state index contributed by atoms with van der Waals surface area (Å²) in [6, 6.07) is 13.8. The van der Waals surface area contributed by atoms with Gasteiger partial charge < -0.3 is 4.52 Å². The quantitative estimate of drug-likeness (QED) is 0.275. The number of nitro groups is 1. The van der Waals surface area contributed by atoms with Crippen LogP contribution in [0.5, 0.6) is 0 Å². The van der Waals surface area contributed by atoms with Crippen LogP contribution in [0.1, 0.15) is 11.5 Å². The molecule has 0 atom stereocenters. The van der Waals surface area contributed by atoms with E-state index in [0.29, 0.717) is 28.2 Å². The highest BCUT2D eigenvalue weighted by molar-refractivity contribution is 7.98. The Kier molecular flexibility index (Phi) is 4.81. The average Bonchev–Trinajstić information content (AvgIpc) is 3.36. The van der Waals surface area contributed by atoms with Crippen LogP contribution in [-0.4, -0.2) is 35.3 Å². The molecule has 0 aliphatic carbocycles. The molecule has 2 aromatic carbocycles. The normalized spacial score (nSPS) is 10.9. The maximum absolute atomic E-state index is 10.7. The molecule has 11 heteroatoms. The lowest BCUT2D eigenvalue weighted by Gasteiger charge is -2.03. The van der Waals surface area contributed by atoms with Crippen LogP contribution >= 0.6 is 11.8 Å². The number of nitro benzene ring substituents is 1. The Morgan fingerprint density at radius 2 is 2.04 bits per heavy atom. The Morgan fingerprint density at radius 3 is 2.79 bits per heavy atom. The average molecular weight is 395 g/mol. The SMILES string of the molecule is Cc1cccc(-n2nnnc2SCc2nc(-c3ccc([N+](=O)[O-])cc3)no2)c1. The monoisotopic (exact) mass is 395 g/mol. The van der Waals surface area contributed by atoms with Gasteiger partial charge in [0.05, 0.1) is 16.4 Å². The van der Waals surface area contributed by atoms with Crippen molar-refractivity contribution >= 4 is 17.4 Å². The summed E-state index contributed by atoms with van der Waals surface area (Å²) in [4.78, 5) is 14.6. The summed E-state index contributed by atoms with van der Waals surface area (Å²) in [5.74, 6) is 1.15. The molecule has 0 saturated carbocycles. The van der Waals surface area contributed by atoms with Gasteiger partial charge in [-0.1, -0.05) is 29.1 Å². The molecular weight excluding hydrogens is 382 g/mol. The molecule has 4 aromatic rings. The molecule has 2 heterocycles. The second-order valence-electron chi connectivity index (χ2n) is 5.82. The third-order valence-corrected chi connectivity index (χ3v) is 4.72. The van der Waals surface area contributed by atoms with Gasteiger partial charge in [-0.15, -0.1) is 5.10 Å². The van der Waals surface area contributed by atoms with Crippen LogP contribution in [0.3, 0.4) is 0 Å². The molecule has 10 nitrogen and oxygen atoms in total. The van der Waals surface area contributed by atoms with Crippen LogP contribution in [-0.2, 0) is 5.75 Å². The third kappa shape index (κ3) is 3.74. The Labute approximate surface area is 162 Å². The van der Waals surface area contributed by atoms with Crippen molar-refractivity contribution in [2.24, 2.45) is 0 Å².